The van der Waals surface area contributed by atoms with E-state index >= 15 is 0 Å². The molecule has 0 aliphatic carbocycles. The molecule has 108 valence electrons. The summed E-state index contributed by atoms with van der Waals surface area (Å²) in [5, 5.41) is 3.09. The third-order valence-electron chi connectivity index (χ3n) is 3.10. The number of hydrogen-bond acceptors (Lipinski definition) is 2. The van der Waals surface area contributed by atoms with E-state index in [4.69, 9.17) is 0 Å². The molecule has 0 amide bonds. The average Bonchev–Trinajstić information content (AvgIpc) is 2.67. The normalized spacial score (nSPS) is 11.8. The van der Waals surface area contributed by atoms with E-state index < -0.39 is 11.7 Å². The Labute approximate surface area is 120 Å². The van der Waals surface area contributed by atoms with E-state index in [1.165, 1.54) is 21.9 Å². The molecule has 0 saturated carbocycles. The zero-order valence-electron chi connectivity index (χ0n) is 11.3. The SMILES string of the molecule is Cc1cc(CNCc2ccccc2C(F)(F)F)c(C)s1. The van der Waals surface area contributed by atoms with Gasteiger partial charge in [0, 0.05) is 22.8 Å². The van der Waals surface area contributed by atoms with Crippen molar-refractivity contribution in [3.8, 4) is 0 Å². The Kier molecular flexibility index (Phi) is 4.50. The lowest BCUT2D eigenvalue weighted by Gasteiger charge is -2.13. The number of halogens is 3. The topological polar surface area (TPSA) is 12.0 Å². The first-order chi connectivity index (χ1) is 9.38. The van der Waals surface area contributed by atoms with Crippen LogP contribution >= 0.6 is 11.3 Å². The molecular weight excluding hydrogens is 283 g/mol. The first-order valence-corrected chi connectivity index (χ1v) is 7.11. The van der Waals surface area contributed by atoms with Crippen LogP contribution in [-0.2, 0) is 19.3 Å². The van der Waals surface area contributed by atoms with E-state index in [1.807, 2.05) is 13.8 Å². The maximum absolute atomic E-state index is 12.8. The molecule has 0 spiro atoms. The summed E-state index contributed by atoms with van der Waals surface area (Å²) < 4.78 is 38.5. The highest BCUT2D eigenvalue weighted by molar-refractivity contribution is 7.12. The predicted molar refractivity (Wildman–Crippen MR) is 75.8 cm³/mol. The molecule has 0 fully saturated rings. The Morgan fingerprint density at radius 2 is 1.70 bits per heavy atom. The van der Waals surface area contributed by atoms with Gasteiger partial charge in [0.1, 0.15) is 0 Å². The van der Waals surface area contributed by atoms with Gasteiger partial charge >= 0.3 is 6.18 Å². The van der Waals surface area contributed by atoms with E-state index in [-0.39, 0.29) is 12.1 Å². The summed E-state index contributed by atoms with van der Waals surface area (Å²) in [4.78, 5) is 2.43. The molecule has 1 N–H and O–H groups in total. The zero-order valence-corrected chi connectivity index (χ0v) is 12.2. The van der Waals surface area contributed by atoms with Crippen LogP contribution in [0.1, 0.15) is 26.4 Å². The van der Waals surface area contributed by atoms with E-state index in [0.29, 0.717) is 6.54 Å². The van der Waals surface area contributed by atoms with Crippen LogP contribution in [0, 0.1) is 13.8 Å². The highest BCUT2D eigenvalue weighted by Crippen LogP contribution is 2.31. The van der Waals surface area contributed by atoms with Crippen molar-refractivity contribution in [3.63, 3.8) is 0 Å². The van der Waals surface area contributed by atoms with Gasteiger partial charge in [-0.3, -0.25) is 0 Å². The van der Waals surface area contributed by atoms with Crippen molar-refractivity contribution < 1.29 is 13.2 Å². The standard InChI is InChI=1S/C15H16F3NS/c1-10-7-13(11(2)20-10)9-19-8-12-5-3-4-6-14(12)15(16,17)18/h3-7,19H,8-9H2,1-2H3. The molecule has 0 bridgehead atoms. The molecule has 5 heteroatoms. The molecule has 0 radical (unpaired) electrons. The van der Waals surface area contributed by atoms with Crippen molar-refractivity contribution in [1.29, 1.82) is 0 Å². The molecule has 0 unspecified atom stereocenters. The highest BCUT2D eigenvalue weighted by atomic mass is 32.1. The molecule has 0 atom stereocenters. The summed E-state index contributed by atoms with van der Waals surface area (Å²) in [5.74, 6) is 0. The number of aryl methyl sites for hydroxylation is 2. The van der Waals surface area contributed by atoms with Gasteiger partial charge in [-0.25, -0.2) is 0 Å². The number of benzene rings is 1. The highest BCUT2D eigenvalue weighted by Gasteiger charge is 2.32. The lowest BCUT2D eigenvalue weighted by atomic mass is 10.1. The van der Waals surface area contributed by atoms with Crippen LogP contribution in [-0.4, -0.2) is 0 Å². The van der Waals surface area contributed by atoms with Crippen LogP contribution in [0.25, 0.3) is 0 Å². The Morgan fingerprint density at radius 1 is 1.05 bits per heavy atom. The fourth-order valence-electron chi connectivity index (χ4n) is 2.14. The first-order valence-electron chi connectivity index (χ1n) is 6.29. The van der Waals surface area contributed by atoms with Gasteiger partial charge in [-0.2, -0.15) is 13.2 Å². The van der Waals surface area contributed by atoms with Gasteiger partial charge in [0.2, 0.25) is 0 Å². The summed E-state index contributed by atoms with van der Waals surface area (Å²) in [6.45, 7) is 4.85. The number of rotatable bonds is 4. The molecule has 0 aliphatic rings. The minimum Gasteiger partial charge on any atom is -0.309 e. The van der Waals surface area contributed by atoms with Gasteiger partial charge in [0.15, 0.2) is 0 Å². The van der Waals surface area contributed by atoms with E-state index in [2.05, 4.69) is 11.4 Å². The first kappa shape index (κ1) is 15.1. The number of alkyl halides is 3. The lowest BCUT2D eigenvalue weighted by molar-refractivity contribution is -0.138. The van der Waals surface area contributed by atoms with Crippen molar-refractivity contribution in [2.45, 2.75) is 33.1 Å². The van der Waals surface area contributed by atoms with Crippen LogP contribution in [0.2, 0.25) is 0 Å². The van der Waals surface area contributed by atoms with Crippen molar-refractivity contribution in [1.82, 2.24) is 5.32 Å². The third kappa shape index (κ3) is 3.61. The Bertz CT molecular complexity index is 587. The summed E-state index contributed by atoms with van der Waals surface area (Å²) >= 11 is 1.70. The molecule has 0 saturated heterocycles. The largest absolute Gasteiger partial charge is 0.416 e. The minimum absolute atomic E-state index is 0.212. The van der Waals surface area contributed by atoms with Gasteiger partial charge in [-0.1, -0.05) is 18.2 Å². The van der Waals surface area contributed by atoms with E-state index in [1.54, 1.807) is 17.4 Å². The quantitative estimate of drug-likeness (QED) is 0.865. The number of thiophene rings is 1. The fraction of sp³-hybridized carbons (Fsp3) is 0.333. The van der Waals surface area contributed by atoms with Crippen molar-refractivity contribution >= 4 is 11.3 Å². The second-order valence-electron chi connectivity index (χ2n) is 4.70. The smallest absolute Gasteiger partial charge is 0.309 e. The Balaban J connectivity index is 2.03. The van der Waals surface area contributed by atoms with Crippen LogP contribution in [0.4, 0.5) is 13.2 Å². The molecule has 2 rings (SSSR count). The molecule has 2 aromatic rings. The van der Waals surface area contributed by atoms with Gasteiger partial charge in [-0.05, 0) is 37.1 Å². The molecule has 1 nitrogen and oxygen atoms in total. The Morgan fingerprint density at radius 3 is 2.30 bits per heavy atom. The molecule has 1 aromatic carbocycles. The molecule has 1 aromatic heterocycles. The van der Waals surface area contributed by atoms with E-state index in [9.17, 15) is 13.2 Å². The van der Waals surface area contributed by atoms with Crippen LogP contribution < -0.4 is 5.32 Å². The summed E-state index contributed by atoms with van der Waals surface area (Å²) in [5.41, 5.74) is 0.868. The molecule has 1 heterocycles. The van der Waals surface area contributed by atoms with Gasteiger partial charge < -0.3 is 5.32 Å². The van der Waals surface area contributed by atoms with Crippen LogP contribution in [0.3, 0.4) is 0 Å². The molecular formula is C15H16F3NS. The number of hydrogen-bond donors (Lipinski definition) is 1. The van der Waals surface area contributed by atoms with Gasteiger partial charge in [-0.15, -0.1) is 11.3 Å². The zero-order chi connectivity index (χ0) is 14.8. The second kappa shape index (κ2) is 5.97. The van der Waals surface area contributed by atoms with Crippen LogP contribution in [0.15, 0.2) is 30.3 Å². The lowest BCUT2D eigenvalue weighted by Crippen LogP contribution is -2.17. The van der Waals surface area contributed by atoms with Crippen molar-refractivity contribution in [2.24, 2.45) is 0 Å². The fourth-order valence-corrected chi connectivity index (χ4v) is 3.09. The second-order valence-corrected chi connectivity index (χ2v) is 6.16. The predicted octanol–water partition coefficient (Wildman–Crippen LogP) is 4.67. The third-order valence-corrected chi connectivity index (χ3v) is 4.11. The minimum atomic E-state index is -4.30. The summed E-state index contributed by atoms with van der Waals surface area (Å²) in [6, 6.07) is 7.76. The molecule has 0 aliphatic heterocycles. The van der Waals surface area contributed by atoms with Crippen molar-refractivity contribution in [2.75, 3.05) is 0 Å². The monoisotopic (exact) mass is 299 g/mol. The summed E-state index contributed by atoms with van der Waals surface area (Å²) in [6.07, 6.45) is -4.30. The maximum atomic E-state index is 12.8. The van der Waals surface area contributed by atoms with Gasteiger partial charge in [0.05, 0.1) is 5.56 Å². The van der Waals surface area contributed by atoms with E-state index in [0.717, 1.165) is 11.6 Å². The summed E-state index contributed by atoms with van der Waals surface area (Å²) in [7, 11) is 0. The Hall–Kier alpha value is -1.33. The average molecular weight is 299 g/mol. The molecule has 20 heavy (non-hydrogen) atoms. The van der Waals surface area contributed by atoms with Crippen molar-refractivity contribution in [3.05, 3.63) is 56.8 Å². The van der Waals surface area contributed by atoms with Crippen LogP contribution in [0.5, 0.6) is 0 Å². The van der Waals surface area contributed by atoms with Gasteiger partial charge in [0.25, 0.3) is 0 Å². The number of nitrogens with one attached hydrogen (secondary N) is 1. The maximum Gasteiger partial charge on any atom is 0.416 e.